The van der Waals surface area contributed by atoms with Crippen molar-refractivity contribution < 1.29 is 13.5 Å². The van der Waals surface area contributed by atoms with Crippen LogP contribution in [0.2, 0.25) is 0 Å². The molecule has 3 nitrogen and oxygen atoms in total. The molecule has 0 amide bonds. The third-order valence-electron chi connectivity index (χ3n) is 3.84. The smallest absolute Gasteiger partial charge is 0.201 e. The van der Waals surface area contributed by atoms with Crippen molar-refractivity contribution >= 4 is 32.7 Å². The van der Waals surface area contributed by atoms with Crippen LogP contribution in [-0.4, -0.2) is 7.11 Å². The molecule has 1 heterocycles. The molecular weight excluding hydrogens is 283 g/mol. The molecule has 0 aliphatic heterocycles. The number of fused-ring (bicyclic) bond motifs is 4. The molecular formula is C18H11FO3. The van der Waals surface area contributed by atoms with E-state index in [1.807, 2.05) is 18.2 Å². The molecule has 0 aliphatic rings. The Bertz CT molecular complexity index is 1100. The molecule has 22 heavy (non-hydrogen) atoms. The van der Waals surface area contributed by atoms with Gasteiger partial charge in [-0.05, 0) is 29.7 Å². The van der Waals surface area contributed by atoms with Crippen LogP contribution in [0, 0.1) is 5.82 Å². The van der Waals surface area contributed by atoms with E-state index in [-0.39, 0.29) is 16.4 Å². The van der Waals surface area contributed by atoms with Crippen LogP contribution < -0.4 is 10.2 Å². The zero-order chi connectivity index (χ0) is 15.3. The first-order valence-corrected chi connectivity index (χ1v) is 6.81. The first kappa shape index (κ1) is 12.8. The molecule has 4 rings (SSSR count). The monoisotopic (exact) mass is 294 g/mol. The fourth-order valence-corrected chi connectivity index (χ4v) is 2.84. The van der Waals surface area contributed by atoms with Crippen LogP contribution in [0.15, 0.2) is 57.7 Å². The van der Waals surface area contributed by atoms with Gasteiger partial charge >= 0.3 is 0 Å². The number of methoxy groups -OCH3 is 1. The van der Waals surface area contributed by atoms with Gasteiger partial charge in [0.05, 0.1) is 17.9 Å². The second-order valence-corrected chi connectivity index (χ2v) is 5.04. The standard InChI is InChI=1S/C18H11FO3/c1-21-13-7-2-4-10-8-9-14-16(15(10)13)17(20)11-5-3-6-12(19)18(11)22-14/h2-9H,1H3. The van der Waals surface area contributed by atoms with Crippen molar-refractivity contribution in [1.82, 2.24) is 0 Å². The van der Waals surface area contributed by atoms with Gasteiger partial charge in [0.15, 0.2) is 11.4 Å². The Kier molecular flexibility index (Phi) is 2.66. The van der Waals surface area contributed by atoms with Crippen molar-refractivity contribution in [3.05, 3.63) is 64.6 Å². The van der Waals surface area contributed by atoms with E-state index in [1.54, 1.807) is 25.3 Å². The van der Waals surface area contributed by atoms with Gasteiger partial charge in [-0.1, -0.05) is 24.3 Å². The van der Waals surface area contributed by atoms with Gasteiger partial charge in [0.1, 0.15) is 11.3 Å². The number of hydrogen-bond donors (Lipinski definition) is 0. The Balaban J connectivity index is 2.35. The number of benzene rings is 3. The van der Waals surface area contributed by atoms with Crippen molar-refractivity contribution in [3.8, 4) is 5.75 Å². The summed E-state index contributed by atoms with van der Waals surface area (Å²) >= 11 is 0. The lowest BCUT2D eigenvalue weighted by molar-refractivity contribution is 0.420. The highest BCUT2D eigenvalue weighted by molar-refractivity contribution is 6.11. The normalized spacial score (nSPS) is 11.4. The predicted octanol–water partition coefficient (Wildman–Crippen LogP) is 4.25. The molecule has 0 atom stereocenters. The first-order chi connectivity index (χ1) is 10.7. The first-order valence-electron chi connectivity index (χ1n) is 6.81. The molecule has 1 aromatic heterocycles. The minimum Gasteiger partial charge on any atom is -0.496 e. The summed E-state index contributed by atoms with van der Waals surface area (Å²) in [6.45, 7) is 0. The maximum atomic E-state index is 13.9. The summed E-state index contributed by atoms with van der Waals surface area (Å²) in [7, 11) is 1.55. The maximum absolute atomic E-state index is 13.9. The van der Waals surface area contributed by atoms with E-state index in [9.17, 15) is 9.18 Å². The van der Waals surface area contributed by atoms with Gasteiger partial charge in [-0.25, -0.2) is 4.39 Å². The van der Waals surface area contributed by atoms with Crippen molar-refractivity contribution in [2.45, 2.75) is 0 Å². The topological polar surface area (TPSA) is 39.4 Å². The van der Waals surface area contributed by atoms with Gasteiger partial charge < -0.3 is 9.15 Å². The zero-order valence-electron chi connectivity index (χ0n) is 11.7. The van der Waals surface area contributed by atoms with E-state index in [2.05, 4.69) is 0 Å². The van der Waals surface area contributed by atoms with Gasteiger partial charge in [0.2, 0.25) is 5.43 Å². The summed E-state index contributed by atoms with van der Waals surface area (Å²) in [5.41, 5.74) is 0.0692. The van der Waals surface area contributed by atoms with E-state index in [0.717, 1.165) is 5.39 Å². The molecule has 3 aromatic carbocycles. The molecule has 0 bridgehead atoms. The molecule has 0 saturated carbocycles. The van der Waals surface area contributed by atoms with Crippen molar-refractivity contribution in [2.75, 3.05) is 7.11 Å². The molecule has 0 radical (unpaired) electrons. The minimum atomic E-state index is -0.545. The van der Waals surface area contributed by atoms with Crippen LogP contribution in [0.1, 0.15) is 0 Å². The quantitative estimate of drug-likeness (QED) is 0.389. The fraction of sp³-hybridized carbons (Fsp3) is 0.0556. The Labute approximate surface area is 124 Å². The number of rotatable bonds is 1. The second kappa shape index (κ2) is 4.56. The zero-order valence-corrected chi connectivity index (χ0v) is 11.7. The van der Waals surface area contributed by atoms with E-state index >= 15 is 0 Å². The van der Waals surface area contributed by atoms with E-state index < -0.39 is 5.82 Å². The van der Waals surface area contributed by atoms with E-state index in [4.69, 9.17) is 9.15 Å². The van der Waals surface area contributed by atoms with Crippen LogP contribution in [0.25, 0.3) is 32.7 Å². The Morgan fingerprint density at radius 3 is 2.64 bits per heavy atom. The molecule has 4 heteroatoms. The van der Waals surface area contributed by atoms with Crippen LogP contribution in [0.3, 0.4) is 0 Å². The van der Waals surface area contributed by atoms with Crippen molar-refractivity contribution in [3.63, 3.8) is 0 Å². The Hall–Kier alpha value is -2.88. The van der Waals surface area contributed by atoms with Gasteiger partial charge in [0.25, 0.3) is 0 Å². The summed E-state index contributed by atoms with van der Waals surface area (Å²) < 4.78 is 24.9. The third-order valence-corrected chi connectivity index (χ3v) is 3.84. The van der Waals surface area contributed by atoms with E-state index in [0.29, 0.717) is 22.1 Å². The van der Waals surface area contributed by atoms with Crippen LogP contribution >= 0.6 is 0 Å². The van der Waals surface area contributed by atoms with Crippen LogP contribution in [-0.2, 0) is 0 Å². The largest absolute Gasteiger partial charge is 0.496 e. The molecule has 0 unspecified atom stereocenters. The highest BCUT2D eigenvalue weighted by atomic mass is 19.1. The number of halogens is 1. The fourth-order valence-electron chi connectivity index (χ4n) is 2.84. The highest BCUT2D eigenvalue weighted by Gasteiger charge is 2.15. The van der Waals surface area contributed by atoms with Gasteiger partial charge in [-0.15, -0.1) is 0 Å². The molecule has 0 spiro atoms. The molecule has 0 fully saturated rings. The predicted molar refractivity (Wildman–Crippen MR) is 84.0 cm³/mol. The average Bonchev–Trinajstić information content (AvgIpc) is 2.55. The SMILES string of the molecule is COc1cccc2ccc3oc4c(F)cccc4c(=O)c3c12. The van der Waals surface area contributed by atoms with Crippen molar-refractivity contribution in [1.29, 1.82) is 0 Å². The lowest BCUT2D eigenvalue weighted by atomic mass is 10.0. The van der Waals surface area contributed by atoms with Crippen LogP contribution in [0.5, 0.6) is 5.75 Å². The third kappa shape index (κ3) is 1.64. The van der Waals surface area contributed by atoms with Gasteiger partial charge in [-0.3, -0.25) is 4.79 Å². The minimum absolute atomic E-state index is 0.0192. The number of para-hydroxylation sites is 1. The molecule has 0 saturated heterocycles. The summed E-state index contributed by atoms with van der Waals surface area (Å²) in [5, 5.41) is 2.19. The highest BCUT2D eigenvalue weighted by Crippen LogP contribution is 2.32. The van der Waals surface area contributed by atoms with Crippen molar-refractivity contribution in [2.24, 2.45) is 0 Å². The Morgan fingerprint density at radius 1 is 1.00 bits per heavy atom. The lowest BCUT2D eigenvalue weighted by Crippen LogP contribution is -2.04. The van der Waals surface area contributed by atoms with E-state index in [1.165, 1.54) is 12.1 Å². The molecule has 4 aromatic rings. The second-order valence-electron chi connectivity index (χ2n) is 5.04. The number of hydrogen-bond acceptors (Lipinski definition) is 3. The molecule has 108 valence electrons. The summed E-state index contributed by atoms with van der Waals surface area (Å²) in [6.07, 6.45) is 0. The number of ether oxygens (including phenoxy) is 1. The summed E-state index contributed by atoms with van der Waals surface area (Å²) in [6, 6.07) is 13.4. The molecule has 0 aliphatic carbocycles. The Morgan fingerprint density at radius 2 is 1.82 bits per heavy atom. The van der Waals surface area contributed by atoms with Crippen LogP contribution in [0.4, 0.5) is 4.39 Å². The van der Waals surface area contributed by atoms with Gasteiger partial charge in [-0.2, -0.15) is 0 Å². The summed E-state index contributed by atoms with van der Waals surface area (Å²) in [4.78, 5) is 12.8. The molecule has 0 N–H and O–H groups in total. The average molecular weight is 294 g/mol. The van der Waals surface area contributed by atoms with Gasteiger partial charge in [0, 0.05) is 5.39 Å². The lowest BCUT2D eigenvalue weighted by Gasteiger charge is -2.09. The maximum Gasteiger partial charge on any atom is 0.201 e. The summed E-state index contributed by atoms with van der Waals surface area (Å²) in [5.74, 6) is 0.0442.